The van der Waals surface area contributed by atoms with E-state index in [0.717, 1.165) is 37.3 Å². The molecule has 2 aliphatic heterocycles. The number of anilines is 1. The van der Waals surface area contributed by atoms with Crippen molar-refractivity contribution in [2.24, 2.45) is 4.99 Å². The summed E-state index contributed by atoms with van der Waals surface area (Å²) in [5.74, 6) is 1.33. The number of para-hydroxylation sites is 1. The van der Waals surface area contributed by atoms with E-state index in [-0.39, 0.29) is 11.4 Å². The zero-order chi connectivity index (χ0) is 19.0. The first kappa shape index (κ1) is 17.5. The van der Waals surface area contributed by atoms with E-state index in [9.17, 15) is 4.79 Å². The number of rotatable bonds is 2. The van der Waals surface area contributed by atoms with Crippen molar-refractivity contribution in [1.82, 2.24) is 10.2 Å². The molecule has 0 unspecified atom stereocenters. The predicted octanol–water partition coefficient (Wildman–Crippen LogP) is 3.42. The highest BCUT2D eigenvalue weighted by Crippen LogP contribution is 2.32. The van der Waals surface area contributed by atoms with E-state index < -0.39 is 0 Å². The molecule has 2 fully saturated rings. The topological polar surface area (TPSA) is 69.9 Å². The number of likely N-dealkylation sites (tertiary alicyclic amines) is 1. The van der Waals surface area contributed by atoms with Gasteiger partial charge in [0.15, 0.2) is 5.76 Å². The van der Waals surface area contributed by atoms with Crippen LogP contribution >= 0.6 is 0 Å². The molecule has 1 amide bonds. The molecular formula is C22H26N4O2. The van der Waals surface area contributed by atoms with E-state index in [2.05, 4.69) is 34.9 Å². The fourth-order valence-electron chi connectivity index (χ4n) is 4.64. The summed E-state index contributed by atoms with van der Waals surface area (Å²) in [6.07, 6.45) is 7.19. The van der Waals surface area contributed by atoms with Crippen molar-refractivity contribution < 1.29 is 9.21 Å². The highest BCUT2D eigenvalue weighted by Gasteiger charge is 2.46. The number of aliphatic imine (C=N–C) groups is 1. The molecule has 1 spiro atoms. The van der Waals surface area contributed by atoms with Crippen molar-refractivity contribution in [2.45, 2.75) is 50.2 Å². The number of carbonyl (C=O) groups excluding carboxylic acids is 1. The molecule has 1 aliphatic carbocycles. The lowest BCUT2D eigenvalue weighted by molar-refractivity contribution is 0.0754. The van der Waals surface area contributed by atoms with Gasteiger partial charge in [-0.25, -0.2) is 0 Å². The Balaban J connectivity index is 1.47. The first-order valence-corrected chi connectivity index (χ1v) is 10.2. The second-order valence-electron chi connectivity index (χ2n) is 8.09. The molecule has 1 saturated carbocycles. The Morgan fingerprint density at radius 1 is 1.18 bits per heavy atom. The second-order valence-corrected chi connectivity index (χ2v) is 8.09. The number of amidine groups is 1. The number of nitrogens with one attached hydrogen (secondary N) is 2. The summed E-state index contributed by atoms with van der Waals surface area (Å²) in [5.41, 5.74) is 2.00. The highest BCUT2D eigenvalue weighted by molar-refractivity contribution is 6.05. The average Bonchev–Trinajstić information content (AvgIpc) is 3.46. The third kappa shape index (κ3) is 3.11. The summed E-state index contributed by atoms with van der Waals surface area (Å²) in [5, 5.41) is 7.39. The Bertz CT molecular complexity index is 886. The summed E-state index contributed by atoms with van der Waals surface area (Å²) in [7, 11) is 0. The van der Waals surface area contributed by atoms with E-state index >= 15 is 0 Å². The molecule has 6 heteroatoms. The van der Waals surface area contributed by atoms with Gasteiger partial charge in [-0.15, -0.1) is 0 Å². The molecule has 1 aromatic heterocycles. The van der Waals surface area contributed by atoms with Crippen molar-refractivity contribution >= 4 is 17.4 Å². The van der Waals surface area contributed by atoms with Crippen LogP contribution < -0.4 is 10.6 Å². The number of furan rings is 1. The molecule has 28 heavy (non-hydrogen) atoms. The Morgan fingerprint density at radius 2 is 2.04 bits per heavy atom. The van der Waals surface area contributed by atoms with Gasteiger partial charge in [0.05, 0.1) is 17.8 Å². The van der Waals surface area contributed by atoms with Crippen LogP contribution in [0.1, 0.15) is 48.2 Å². The Kier molecular flexibility index (Phi) is 4.43. The lowest BCUT2D eigenvalue weighted by atomic mass is 9.96. The Hall–Kier alpha value is -2.60. The van der Waals surface area contributed by atoms with E-state index in [0.29, 0.717) is 24.9 Å². The fourth-order valence-corrected chi connectivity index (χ4v) is 4.64. The molecule has 146 valence electrons. The summed E-state index contributed by atoms with van der Waals surface area (Å²) in [6, 6.07) is 12.2. The van der Waals surface area contributed by atoms with E-state index in [1.54, 1.807) is 18.4 Å². The van der Waals surface area contributed by atoms with E-state index in [1.165, 1.54) is 18.4 Å². The van der Waals surface area contributed by atoms with Crippen LogP contribution in [-0.2, 0) is 6.54 Å². The maximum Gasteiger partial charge on any atom is 0.289 e. The van der Waals surface area contributed by atoms with Gasteiger partial charge in [-0.1, -0.05) is 31.0 Å². The van der Waals surface area contributed by atoms with Crippen molar-refractivity contribution in [2.75, 3.05) is 18.4 Å². The van der Waals surface area contributed by atoms with Crippen molar-refractivity contribution in [3.8, 4) is 0 Å². The van der Waals surface area contributed by atoms with Gasteiger partial charge >= 0.3 is 0 Å². The third-order valence-electron chi connectivity index (χ3n) is 6.27. The van der Waals surface area contributed by atoms with Crippen LogP contribution in [-0.4, -0.2) is 41.3 Å². The summed E-state index contributed by atoms with van der Waals surface area (Å²) in [6.45, 7) is 2.04. The minimum Gasteiger partial charge on any atom is -0.459 e. The largest absolute Gasteiger partial charge is 0.459 e. The number of hydrogen-bond donors (Lipinski definition) is 2. The maximum atomic E-state index is 12.8. The normalized spacial score (nSPS) is 26.4. The molecule has 2 N–H and O–H groups in total. The van der Waals surface area contributed by atoms with Gasteiger partial charge in [0.25, 0.3) is 5.91 Å². The lowest BCUT2D eigenvalue weighted by Gasteiger charge is -2.31. The van der Waals surface area contributed by atoms with Crippen LogP contribution in [0.5, 0.6) is 0 Å². The first-order valence-electron chi connectivity index (χ1n) is 10.2. The van der Waals surface area contributed by atoms with Gasteiger partial charge in [-0.05, 0) is 43.0 Å². The van der Waals surface area contributed by atoms with Crippen LogP contribution in [0.3, 0.4) is 0 Å². The predicted molar refractivity (Wildman–Crippen MR) is 109 cm³/mol. The van der Waals surface area contributed by atoms with Crippen LogP contribution in [0, 0.1) is 0 Å². The van der Waals surface area contributed by atoms with Crippen molar-refractivity contribution in [3.63, 3.8) is 0 Å². The quantitative estimate of drug-likeness (QED) is 0.840. The molecule has 1 atom stereocenters. The number of hydrogen-bond acceptors (Lipinski definition) is 4. The van der Waals surface area contributed by atoms with Gasteiger partial charge in [0.1, 0.15) is 5.84 Å². The zero-order valence-corrected chi connectivity index (χ0v) is 16.0. The molecule has 2 aromatic rings. The maximum absolute atomic E-state index is 12.8. The minimum absolute atomic E-state index is 0.0503. The third-order valence-corrected chi connectivity index (χ3v) is 6.27. The zero-order valence-electron chi connectivity index (χ0n) is 16.0. The van der Waals surface area contributed by atoms with Crippen molar-refractivity contribution in [1.29, 1.82) is 0 Å². The number of fused-ring (bicyclic) bond motifs is 1. The SMILES string of the molecule is O=C(c1ccco1)N1CC[C@@]2(C1)NCc1ccccc1NC2=NC1CCCC1. The number of benzene rings is 1. The molecule has 0 radical (unpaired) electrons. The molecular weight excluding hydrogens is 352 g/mol. The molecule has 1 saturated heterocycles. The first-order chi connectivity index (χ1) is 13.7. The fraction of sp³-hybridized carbons (Fsp3) is 0.455. The van der Waals surface area contributed by atoms with Crippen LogP contribution in [0.2, 0.25) is 0 Å². The van der Waals surface area contributed by atoms with Crippen LogP contribution in [0.4, 0.5) is 5.69 Å². The van der Waals surface area contributed by atoms with E-state index in [1.807, 2.05) is 4.90 Å². The smallest absolute Gasteiger partial charge is 0.289 e. The van der Waals surface area contributed by atoms with Gasteiger partial charge in [-0.3, -0.25) is 15.1 Å². The average molecular weight is 378 g/mol. The standard InChI is InChI=1S/C22H26N4O2/c27-20(19-10-5-13-28-19)26-12-11-22(15-26)21(24-17-7-2-3-8-17)25-18-9-4-1-6-16(18)14-23-22/h1,4-6,9-10,13,17,23H,2-3,7-8,11-12,14-15H2,(H,24,25)/t22-/m0/s1. The highest BCUT2D eigenvalue weighted by atomic mass is 16.3. The molecule has 5 rings (SSSR count). The van der Waals surface area contributed by atoms with Gasteiger partial charge in [0, 0.05) is 25.3 Å². The monoisotopic (exact) mass is 378 g/mol. The molecule has 1 aromatic carbocycles. The number of nitrogens with zero attached hydrogens (tertiary/aromatic N) is 2. The van der Waals surface area contributed by atoms with E-state index in [4.69, 9.17) is 9.41 Å². The second kappa shape index (κ2) is 7.09. The Morgan fingerprint density at radius 3 is 2.86 bits per heavy atom. The molecule has 3 aliphatic rings. The van der Waals surface area contributed by atoms with Crippen LogP contribution in [0.15, 0.2) is 52.1 Å². The van der Waals surface area contributed by atoms with Gasteiger partial charge < -0.3 is 14.6 Å². The molecule has 6 nitrogen and oxygen atoms in total. The summed E-state index contributed by atoms with van der Waals surface area (Å²) >= 11 is 0. The minimum atomic E-state index is -0.343. The molecule has 3 heterocycles. The van der Waals surface area contributed by atoms with Gasteiger partial charge in [-0.2, -0.15) is 0 Å². The van der Waals surface area contributed by atoms with Crippen molar-refractivity contribution in [3.05, 3.63) is 54.0 Å². The lowest BCUT2D eigenvalue weighted by Crippen LogP contribution is -2.55. The number of carbonyl (C=O) groups is 1. The summed E-state index contributed by atoms with van der Waals surface area (Å²) in [4.78, 5) is 19.9. The number of amides is 1. The van der Waals surface area contributed by atoms with Crippen LogP contribution in [0.25, 0.3) is 0 Å². The molecule has 0 bridgehead atoms. The Labute approximate surface area is 165 Å². The summed E-state index contributed by atoms with van der Waals surface area (Å²) < 4.78 is 5.34. The van der Waals surface area contributed by atoms with Gasteiger partial charge in [0.2, 0.25) is 0 Å².